The molecular formula is C48H33BN4. The van der Waals surface area contributed by atoms with Crippen molar-refractivity contribution in [2.75, 3.05) is 21.7 Å². The monoisotopic (exact) mass is 676 g/mol. The van der Waals surface area contributed by atoms with Gasteiger partial charge in [0.05, 0.1) is 22.7 Å². The van der Waals surface area contributed by atoms with Crippen molar-refractivity contribution in [2.45, 2.75) is 6.42 Å². The molecule has 0 unspecified atom stereocenters. The van der Waals surface area contributed by atoms with Crippen LogP contribution in [0.15, 0.2) is 164 Å². The number of nitrogens with zero attached hydrogens (tertiary/aromatic N) is 4. The van der Waals surface area contributed by atoms with Gasteiger partial charge >= 0.3 is 6.85 Å². The van der Waals surface area contributed by atoms with Crippen LogP contribution in [0.4, 0.5) is 45.5 Å². The van der Waals surface area contributed by atoms with Crippen molar-refractivity contribution < 1.29 is 0 Å². The number of para-hydroxylation sites is 4. The first-order valence-corrected chi connectivity index (χ1v) is 18.5. The predicted molar refractivity (Wildman–Crippen MR) is 223 cm³/mol. The molecule has 12 rings (SSSR count). The Morgan fingerprint density at radius 3 is 2.02 bits per heavy atom. The van der Waals surface area contributed by atoms with Crippen LogP contribution >= 0.6 is 0 Å². The normalized spacial score (nSPS) is 14.2. The number of benzene rings is 7. The number of hydrogen-bond donors (Lipinski definition) is 0. The Labute approximate surface area is 309 Å². The van der Waals surface area contributed by atoms with E-state index >= 15 is 0 Å². The van der Waals surface area contributed by atoms with E-state index in [1.54, 1.807) is 0 Å². The van der Waals surface area contributed by atoms with Gasteiger partial charge in [-0.25, -0.2) is 0 Å². The second kappa shape index (κ2) is 10.7. The molecule has 53 heavy (non-hydrogen) atoms. The fourth-order valence-corrected chi connectivity index (χ4v) is 9.73. The SMILES string of the molecule is CN1c2cc3c(cc2N(c2ccccc2)c2cccc(-c4cccc5c4CC=C5)c21)N(c1ccccc1)c1cccc2c1B3n1ccc3cccc-2c31. The molecule has 8 aromatic rings. The molecule has 4 nitrogen and oxygen atoms in total. The van der Waals surface area contributed by atoms with Crippen molar-refractivity contribution >= 4 is 80.3 Å². The Balaban J connectivity index is 1.17. The third-order valence-electron chi connectivity index (χ3n) is 11.9. The van der Waals surface area contributed by atoms with Gasteiger partial charge in [0, 0.05) is 46.4 Å². The molecule has 0 saturated carbocycles. The molecule has 4 aliphatic rings. The van der Waals surface area contributed by atoms with E-state index < -0.39 is 0 Å². The van der Waals surface area contributed by atoms with Crippen LogP contribution < -0.4 is 25.6 Å². The number of aromatic nitrogens is 1. The molecular weight excluding hydrogens is 643 g/mol. The second-order valence-corrected chi connectivity index (χ2v) is 14.6. The van der Waals surface area contributed by atoms with Gasteiger partial charge in [-0.05, 0) is 106 Å². The first-order chi connectivity index (χ1) is 26.2. The molecule has 0 N–H and O–H groups in total. The Morgan fingerprint density at radius 2 is 1.21 bits per heavy atom. The molecule has 248 valence electrons. The maximum Gasteiger partial charge on any atom is 0.332 e. The van der Waals surface area contributed by atoms with Crippen LogP contribution in [0.3, 0.4) is 0 Å². The highest BCUT2D eigenvalue weighted by atomic mass is 15.3. The van der Waals surface area contributed by atoms with Crippen molar-refractivity contribution in [1.29, 1.82) is 0 Å². The minimum atomic E-state index is 0.0209. The first kappa shape index (κ1) is 28.9. The van der Waals surface area contributed by atoms with Crippen LogP contribution in [0.25, 0.3) is 39.2 Å². The zero-order valence-corrected chi connectivity index (χ0v) is 29.2. The standard InChI is InChI=1S/C48H33BN4/c1-50-44-29-40-43(52(33-16-4-2-5-17-33)41-25-11-22-37-39-23-10-15-32-27-28-51(47(32)39)49(40)46(37)41)30-45(44)53(34-18-6-3-7-19-34)42-26-12-24-38(48(42)50)36-21-9-14-31-13-8-20-35(31)36/h2-19,21-30H,20H2,1H3. The predicted octanol–water partition coefficient (Wildman–Crippen LogP) is 10.8. The summed E-state index contributed by atoms with van der Waals surface area (Å²) in [5.41, 5.74) is 21.3. The largest absolute Gasteiger partial charge is 0.382 e. The van der Waals surface area contributed by atoms with Crippen molar-refractivity contribution in [3.05, 3.63) is 175 Å². The maximum absolute atomic E-state index is 2.53. The molecule has 1 aromatic heterocycles. The molecule has 0 atom stereocenters. The molecule has 3 aliphatic heterocycles. The number of hydrogen-bond acceptors (Lipinski definition) is 3. The molecule has 7 aromatic carbocycles. The number of rotatable bonds is 3. The van der Waals surface area contributed by atoms with Gasteiger partial charge in [0.2, 0.25) is 0 Å². The number of anilines is 8. The lowest BCUT2D eigenvalue weighted by Crippen LogP contribution is -2.56. The molecule has 0 spiro atoms. The average Bonchev–Trinajstić information content (AvgIpc) is 3.88. The van der Waals surface area contributed by atoms with E-state index in [-0.39, 0.29) is 6.85 Å². The highest BCUT2D eigenvalue weighted by Gasteiger charge is 2.43. The second-order valence-electron chi connectivity index (χ2n) is 14.6. The topological polar surface area (TPSA) is 14.7 Å². The molecule has 0 radical (unpaired) electrons. The highest BCUT2D eigenvalue weighted by molar-refractivity contribution is 6.89. The van der Waals surface area contributed by atoms with Crippen LogP contribution in [0.5, 0.6) is 0 Å². The molecule has 5 heteroatoms. The zero-order chi connectivity index (χ0) is 34.8. The minimum absolute atomic E-state index is 0.0209. The third-order valence-corrected chi connectivity index (χ3v) is 11.9. The van der Waals surface area contributed by atoms with Gasteiger partial charge in [-0.3, -0.25) is 0 Å². The van der Waals surface area contributed by atoms with Gasteiger partial charge in [-0.15, -0.1) is 0 Å². The molecule has 0 fully saturated rings. The van der Waals surface area contributed by atoms with Crippen LogP contribution in [0.1, 0.15) is 11.1 Å². The fourth-order valence-electron chi connectivity index (χ4n) is 9.73. The van der Waals surface area contributed by atoms with E-state index in [0.717, 1.165) is 23.5 Å². The summed E-state index contributed by atoms with van der Waals surface area (Å²) in [6.07, 6.45) is 7.81. The lowest BCUT2D eigenvalue weighted by Gasteiger charge is -2.44. The Kier molecular flexibility index (Phi) is 5.82. The van der Waals surface area contributed by atoms with E-state index in [4.69, 9.17) is 0 Å². The Hall–Kier alpha value is -6.72. The van der Waals surface area contributed by atoms with Crippen LogP contribution in [0, 0.1) is 0 Å². The molecule has 4 heterocycles. The smallest absolute Gasteiger partial charge is 0.332 e. The molecule has 0 saturated heterocycles. The van der Waals surface area contributed by atoms with Crippen LogP contribution in [-0.4, -0.2) is 18.4 Å². The van der Waals surface area contributed by atoms with Crippen LogP contribution in [-0.2, 0) is 6.42 Å². The summed E-state index contributed by atoms with van der Waals surface area (Å²) in [5.74, 6) is 0. The summed E-state index contributed by atoms with van der Waals surface area (Å²) in [6.45, 7) is 0.0209. The molecule has 0 bridgehead atoms. The van der Waals surface area contributed by atoms with Gasteiger partial charge in [0.15, 0.2) is 0 Å². The summed E-state index contributed by atoms with van der Waals surface area (Å²) in [4.78, 5) is 7.43. The lowest BCUT2D eigenvalue weighted by molar-refractivity contribution is 1.12. The van der Waals surface area contributed by atoms with E-state index in [1.807, 2.05) is 0 Å². The van der Waals surface area contributed by atoms with Crippen molar-refractivity contribution in [3.63, 3.8) is 0 Å². The summed E-state index contributed by atoms with van der Waals surface area (Å²) in [7, 11) is 2.26. The Morgan fingerprint density at radius 1 is 0.528 bits per heavy atom. The molecule has 1 aliphatic carbocycles. The van der Waals surface area contributed by atoms with Gasteiger partial charge in [0.25, 0.3) is 0 Å². The van der Waals surface area contributed by atoms with Crippen molar-refractivity contribution in [1.82, 2.24) is 4.48 Å². The summed E-state index contributed by atoms with van der Waals surface area (Å²) >= 11 is 0. The summed E-state index contributed by atoms with van der Waals surface area (Å²) in [6, 6.07) is 56.2. The van der Waals surface area contributed by atoms with E-state index in [2.05, 4.69) is 196 Å². The number of fused-ring (bicyclic) bond motifs is 7. The summed E-state index contributed by atoms with van der Waals surface area (Å²) < 4.78 is 2.53. The quantitative estimate of drug-likeness (QED) is 0.173. The van der Waals surface area contributed by atoms with Gasteiger partial charge in [-0.2, -0.15) is 0 Å². The van der Waals surface area contributed by atoms with Crippen LogP contribution in [0.2, 0.25) is 0 Å². The minimum Gasteiger partial charge on any atom is -0.382 e. The maximum atomic E-state index is 2.53. The van der Waals surface area contributed by atoms with E-state index in [9.17, 15) is 0 Å². The lowest BCUT2D eigenvalue weighted by atomic mass is 9.45. The average molecular weight is 677 g/mol. The number of allylic oxidation sites excluding steroid dienone is 1. The highest BCUT2D eigenvalue weighted by Crippen LogP contribution is 2.56. The fraction of sp³-hybridized carbons (Fsp3) is 0.0417. The first-order valence-electron chi connectivity index (χ1n) is 18.5. The third kappa shape index (κ3) is 3.86. The van der Waals surface area contributed by atoms with Gasteiger partial charge in [-0.1, -0.05) is 109 Å². The summed E-state index contributed by atoms with van der Waals surface area (Å²) in [5, 5.41) is 1.28. The van der Waals surface area contributed by atoms with Gasteiger partial charge < -0.3 is 19.2 Å². The van der Waals surface area contributed by atoms with Crippen molar-refractivity contribution in [3.8, 4) is 22.3 Å². The van der Waals surface area contributed by atoms with E-state index in [0.29, 0.717) is 0 Å². The zero-order valence-electron chi connectivity index (χ0n) is 29.2. The van der Waals surface area contributed by atoms with Crippen molar-refractivity contribution in [2.24, 2.45) is 0 Å². The van der Waals surface area contributed by atoms with E-state index in [1.165, 1.54) is 83.6 Å². The van der Waals surface area contributed by atoms with Gasteiger partial charge in [0.1, 0.15) is 0 Å². The Bertz CT molecular complexity index is 2850. The molecule has 0 amide bonds.